The second-order valence-electron chi connectivity index (χ2n) is 15.9. The van der Waals surface area contributed by atoms with Gasteiger partial charge in [-0.2, -0.15) is 11.8 Å². The van der Waals surface area contributed by atoms with E-state index >= 15 is 0 Å². The first kappa shape index (κ1) is 43.3. The van der Waals surface area contributed by atoms with Crippen molar-refractivity contribution < 1.29 is 48.6 Å². The van der Waals surface area contributed by atoms with Crippen molar-refractivity contribution in [3.8, 4) is 0 Å². The monoisotopic (exact) mass is 733 g/mol. The molecule has 3 fully saturated rings. The summed E-state index contributed by atoms with van der Waals surface area (Å²) in [5, 5.41) is 37.9. The maximum absolute atomic E-state index is 14.2. The zero-order valence-electron chi connectivity index (χ0n) is 32.5. The lowest BCUT2D eigenvalue weighted by molar-refractivity contribution is -0.317. The van der Waals surface area contributed by atoms with Gasteiger partial charge in [-0.15, -0.1) is 0 Å². The fourth-order valence-corrected chi connectivity index (χ4v) is 8.58. The molecule has 3 heterocycles. The number of amides is 2. The average Bonchev–Trinajstić information content (AvgIpc) is 3.03. The van der Waals surface area contributed by atoms with Gasteiger partial charge in [-0.3, -0.25) is 9.59 Å². The Kier molecular flexibility index (Phi) is 15.9. The minimum absolute atomic E-state index is 0.0916. The summed E-state index contributed by atoms with van der Waals surface area (Å²) >= 11 is 1.65. The van der Waals surface area contributed by atoms with Gasteiger partial charge in [-0.1, -0.05) is 20.8 Å². The van der Waals surface area contributed by atoms with E-state index in [-0.39, 0.29) is 55.2 Å². The molecule has 50 heavy (non-hydrogen) atoms. The molecule has 0 spiro atoms. The van der Waals surface area contributed by atoms with Crippen LogP contribution < -0.4 is 5.32 Å². The Morgan fingerprint density at radius 1 is 1.06 bits per heavy atom. The quantitative estimate of drug-likeness (QED) is 0.274. The summed E-state index contributed by atoms with van der Waals surface area (Å²) in [4.78, 5) is 31.2. The number of carbonyl (C=O) groups is 2. The second-order valence-corrected chi connectivity index (χ2v) is 16.9. The highest BCUT2D eigenvalue weighted by Gasteiger charge is 2.51. The number of rotatable bonds is 9. The number of likely N-dealkylation sites (N-methyl/N-ethyl adjacent to an activating group) is 1. The number of aliphatic hydroxyl groups excluding tert-OH is 2. The number of aliphatic hydroxyl groups is 3. The number of hydrogen-bond acceptors (Lipinski definition) is 12. The van der Waals surface area contributed by atoms with E-state index in [1.54, 1.807) is 51.4 Å². The molecule has 13 nitrogen and oxygen atoms in total. The van der Waals surface area contributed by atoms with Gasteiger partial charge in [-0.05, 0) is 79.0 Å². The van der Waals surface area contributed by atoms with Gasteiger partial charge in [0.15, 0.2) is 12.6 Å². The van der Waals surface area contributed by atoms with Crippen molar-refractivity contribution >= 4 is 23.6 Å². The van der Waals surface area contributed by atoms with Crippen molar-refractivity contribution in [2.45, 2.75) is 153 Å². The normalized spacial score (nSPS) is 44.6. The predicted octanol–water partition coefficient (Wildman–Crippen LogP) is 2.23. The molecule has 0 aliphatic carbocycles. The molecule has 0 unspecified atom stereocenters. The van der Waals surface area contributed by atoms with Crippen molar-refractivity contribution in [1.29, 1.82) is 0 Å². The summed E-state index contributed by atoms with van der Waals surface area (Å²) in [6.45, 7) is 13.2. The maximum Gasteiger partial charge on any atom is 0.225 e. The lowest BCUT2D eigenvalue weighted by Crippen LogP contribution is -2.61. The van der Waals surface area contributed by atoms with Crippen molar-refractivity contribution in [3.05, 3.63) is 0 Å². The second kappa shape index (κ2) is 18.3. The number of carbonyl (C=O) groups excluding carboxylic acids is 2. The molecule has 3 aliphatic rings. The molecule has 14 heteroatoms. The predicted molar refractivity (Wildman–Crippen MR) is 192 cm³/mol. The molecular formula is C36H67N3O10S. The van der Waals surface area contributed by atoms with Crippen LogP contribution in [-0.2, 0) is 33.3 Å². The standard InChI is InChI=1S/C36H67N3O10S/c1-20-17-35(6,44)32(49-34-29(41)26(38(8)9)15-21(2)46-34)22(3)30(48-28-18-36(7,45-11)31(42)24(5)47-28)23(4)33(43)37-25(13-14-50-12)16-27(40)39(10)19-20/h20-26,28-32,34,41-42,44H,13-19H2,1-12H3,(H,37,43)/t20-,21-,22+,23-,24+,25-,26+,28+,29-,30+,31+,32-,34+,35-,36-/m1/s1. The van der Waals surface area contributed by atoms with E-state index < -0.39 is 66.1 Å². The van der Waals surface area contributed by atoms with Crippen LogP contribution in [0.3, 0.4) is 0 Å². The molecule has 0 radical (unpaired) electrons. The van der Waals surface area contributed by atoms with Crippen LogP contribution in [0.4, 0.5) is 0 Å². The highest BCUT2D eigenvalue weighted by Crippen LogP contribution is 2.39. The Balaban J connectivity index is 2.11. The van der Waals surface area contributed by atoms with Crippen LogP contribution in [0, 0.1) is 17.8 Å². The summed E-state index contributed by atoms with van der Waals surface area (Å²) in [7, 11) is 7.08. The molecule has 0 aromatic carbocycles. The largest absolute Gasteiger partial charge is 0.387 e. The van der Waals surface area contributed by atoms with Gasteiger partial charge in [0.1, 0.15) is 12.2 Å². The van der Waals surface area contributed by atoms with E-state index in [9.17, 15) is 24.9 Å². The fourth-order valence-electron chi connectivity index (χ4n) is 8.06. The third-order valence-electron chi connectivity index (χ3n) is 11.1. The Morgan fingerprint density at radius 3 is 2.32 bits per heavy atom. The lowest BCUT2D eigenvalue weighted by atomic mass is 9.77. The van der Waals surface area contributed by atoms with Gasteiger partial charge < -0.3 is 54.1 Å². The molecule has 4 N–H and O–H groups in total. The van der Waals surface area contributed by atoms with Crippen LogP contribution in [-0.4, -0.2) is 156 Å². The minimum Gasteiger partial charge on any atom is -0.387 e. The number of thioether (sulfide) groups is 1. The SMILES string of the molecule is CO[C@]1(C)C[C@H](O[C@H]2[C@H](C)[C@@H](O[C@@H]3O[C@H](C)C[C@H](N(C)C)[C@H]3O)[C@](C)(O)C[C@@H](C)CN(C)C(=O)C[C@@H](CCSC)NC(=O)[C@@H]2C)O[C@@H](C)[C@@H]1O. The molecule has 0 saturated carbocycles. The first-order valence-corrected chi connectivity index (χ1v) is 19.6. The smallest absolute Gasteiger partial charge is 0.225 e. The Bertz CT molecular complexity index is 1100. The van der Waals surface area contributed by atoms with Gasteiger partial charge in [0.05, 0.1) is 41.5 Å². The summed E-state index contributed by atoms with van der Waals surface area (Å²) < 4.78 is 31.5. The van der Waals surface area contributed by atoms with Crippen molar-refractivity contribution in [2.75, 3.05) is 46.8 Å². The average molecular weight is 734 g/mol. The highest BCUT2D eigenvalue weighted by molar-refractivity contribution is 7.98. The van der Waals surface area contributed by atoms with Crippen LogP contribution in [0.15, 0.2) is 0 Å². The third kappa shape index (κ3) is 10.8. The zero-order chi connectivity index (χ0) is 37.7. The van der Waals surface area contributed by atoms with E-state index in [1.165, 1.54) is 7.11 Å². The highest BCUT2D eigenvalue weighted by atomic mass is 32.2. The number of hydrogen-bond donors (Lipinski definition) is 4. The molecule has 3 aliphatic heterocycles. The maximum atomic E-state index is 14.2. The zero-order valence-corrected chi connectivity index (χ0v) is 33.3. The van der Waals surface area contributed by atoms with Gasteiger partial charge in [0, 0.05) is 51.5 Å². The Labute approximate surface area is 304 Å². The molecule has 0 aromatic heterocycles. The minimum atomic E-state index is -1.51. The summed E-state index contributed by atoms with van der Waals surface area (Å²) in [5.41, 5.74) is -2.48. The summed E-state index contributed by atoms with van der Waals surface area (Å²) in [6, 6.07) is -0.629. The Hall–Kier alpha value is -1.07. The Morgan fingerprint density at radius 2 is 1.72 bits per heavy atom. The van der Waals surface area contributed by atoms with Crippen LogP contribution in [0.1, 0.15) is 80.6 Å². The molecule has 2 amide bonds. The van der Waals surface area contributed by atoms with Crippen LogP contribution in [0.2, 0.25) is 0 Å². The van der Waals surface area contributed by atoms with E-state index in [2.05, 4.69) is 5.32 Å². The molecule has 292 valence electrons. The van der Waals surface area contributed by atoms with Crippen molar-refractivity contribution in [1.82, 2.24) is 15.1 Å². The van der Waals surface area contributed by atoms with Gasteiger partial charge in [0.25, 0.3) is 0 Å². The first-order chi connectivity index (χ1) is 23.2. The summed E-state index contributed by atoms with van der Waals surface area (Å²) in [6.07, 6.45) is -2.75. The molecule has 15 atom stereocenters. The number of nitrogens with zero attached hydrogens (tertiary/aromatic N) is 2. The first-order valence-electron chi connectivity index (χ1n) is 18.2. The van der Waals surface area contributed by atoms with E-state index in [0.29, 0.717) is 19.4 Å². The van der Waals surface area contributed by atoms with Crippen LogP contribution in [0.25, 0.3) is 0 Å². The van der Waals surface area contributed by atoms with E-state index in [1.807, 2.05) is 46.0 Å². The summed E-state index contributed by atoms with van der Waals surface area (Å²) in [5.74, 6) is -1.19. The molecule has 0 aromatic rings. The molecule has 0 bridgehead atoms. The van der Waals surface area contributed by atoms with Crippen molar-refractivity contribution in [3.63, 3.8) is 0 Å². The van der Waals surface area contributed by atoms with Crippen LogP contribution >= 0.6 is 11.8 Å². The van der Waals surface area contributed by atoms with Gasteiger partial charge in [-0.25, -0.2) is 0 Å². The third-order valence-corrected chi connectivity index (χ3v) is 11.7. The lowest BCUT2D eigenvalue weighted by Gasteiger charge is -2.49. The number of nitrogens with one attached hydrogen (secondary N) is 1. The van der Waals surface area contributed by atoms with E-state index in [4.69, 9.17) is 23.7 Å². The molecular weight excluding hydrogens is 666 g/mol. The topological polar surface area (TPSA) is 159 Å². The number of methoxy groups -OCH3 is 1. The molecule has 3 saturated heterocycles. The fraction of sp³-hybridized carbons (Fsp3) is 0.944. The van der Waals surface area contributed by atoms with Gasteiger partial charge in [0.2, 0.25) is 11.8 Å². The number of ether oxygens (including phenoxy) is 5. The van der Waals surface area contributed by atoms with E-state index in [0.717, 1.165) is 5.75 Å². The van der Waals surface area contributed by atoms with Gasteiger partial charge >= 0.3 is 0 Å². The van der Waals surface area contributed by atoms with Crippen molar-refractivity contribution in [2.24, 2.45) is 17.8 Å². The van der Waals surface area contributed by atoms with Crippen LogP contribution in [0.5, 0.6) is 0 Å². The molecule has 3 rings (SSSR count).